The number of carbonyl (C=O) groups is 1. The van der Waals surface area contributed by atoms with Gasteiger partial charge in [-0.25, -0.2) is 4.79 Å². The van der Waals surface area contributed by atoms with Crippen LogP contribution in [0.4, 0.5) is 31.1 Å². The van der Waals surface area contributed by atoms with E-state index in [9.17, 15) is 31.1 Å². The minimum atomic E-state index is -5.75. The Labute approximate surface area is 85.4 Å². The van der Waals surface area contributed by atoms with Crippen LogP contribution in [0.5, 0.6) is 0 Å². The van der Waals surface area contributed by atoms with E-state index < -0.39 is 36.1 Å². The highest BCUT2D eigenvalue weighted by Gasteiger charge is 2.61. The molecule has 16 heavy (non-hydrogen) atoms. The monoisotopic (exact) mass is 255 g/mol. The highest BCUT2D eigenvalue weighted by Crippen LogP contribution is 2.37. The van der Waals surface area contributed by atoms with E-state index in [0.29, 0.717) is 0 Å². The topological polar surface area (TPSA) is 49.8 Å². The number of halogens is 6. The first-order valence-corrected chi connectivity index (χ1v) is 3.63. The fourth-order valence-corrected chi connectivity index (χ4v) is 0.918. The molecule has 0 unspecified atom stereocenters. The molecule has 0 heterocycles. The zero-order valence-electron chi connectivity index (χ0n) is 7.76. The summed E-state index contributed by atoms with van der Waals surface area (Å²) < 4.78 is 76.4. The molecule has 0 atom stereocenters. The van der Waals surface area contributed by atoms with Gasteiger partial charge in [-0.05, 0) is 0 Å². The number of alkyl halides is 6. The van der Waals surface area contributed by atoms with E-state index in [-0.39, 0.29) is 0 Å². The van der Waals surface area contributed by atoms with Gasteiger partial charge in [0.05, 0.1) is 0 Å². The number of hydrogen-bond donors (Lipinski definition) is 1. The Morgan fingerprint density at radius 2 is 1.62 bits per heavy atom. The molecule has 4 nitrogen and oxygen atoms in total. The van der Waals surface area contributed by atoms with Crippen molar-refractivity contribution >= 4 is 6.09 Å². The Kier molecular flexibility index (Phi) is 4.41. The van der Waals surface area contributed by atoms with Crippen LogP contribution in [-0.2, 0) is 4.74 Å². The number of rotatable bonds is 3. The van der Waals surface area contributed by atoms with Gasteiger partial charge in [0, 0.05) is 7.11 Å². The lowest BCUT2D eigenvalue weighted by Crippen LogP contribution is -2.57. The van der Waals surface area contributed by atoms with Crippen LogP contribution in [0.25, 0.3) is 0 Å². The minimum Gasteiger partial charge on any atom is -0.465 e. The minimum absolute atomic E-state index is 0.778. The van der Waals surface area contributed by atoms with E-state index in [1.165, 1.54) is 0 Å². The molecule has 0 aromatic rings. The first kappa shape index (κ1) is 14.8. The maximum Gasteiger partial charge on any atom is 0.417 e. The first-order chi connectivity index (χ1) is 7.01. The lowest BCUT2D eigenvalue weighted by Gasteiger charge is -2.31. The van der Waals surface area contributed by atoms with Crippen molar-refractivity contribution in [3.8, 4) is 0 Å². The molecule has 0 rings (SSSR count). The molecular formula is C6H7F6NO3. The van der Waals surface area contributed by atoms with Crippen LogP contribution in [0.2, 0.25) is 0 Å². The molecule has 0 radical (unpaired) electrons. The van der Waals surface area contributed by atoms with E-state index >= 15 is 0 Å². The van der Waals surface area contributed by atoms with E-state index in [4.69, 9.17) is 5.11 Å². The Hall–Kier alpha value is -1.19. The van der Waals surface area contributed by atoms with Crippen LogP contribution in [0.3, 0.4) is 0 Å². The van der Waals surface area contributed by atoms with Crippen LogP contribution < -0.4 is 0 Å². The van der Waals surface area contributed by atoms with Gasteiger partial charge in [-0.2, -0.15) is 26.3 Å². The molecule has 1 amide bonds. The van der Waals surface area contributed by atoms with Crippen LogP contribution in [-0.4, -0.2) is 48.3 Å². The molecule has 0 saturated carbocycles. The van der Waals surface area contributed by atoms with Crippen molar-refractivity contribution in [1.29, 1.82) is 0 Å². The molecule has 1 N–H and O–H groups in total. The molecular weight excluding hydrogens is 248 g/mol. The number of ether oxygens (including phenoxy) is 1. The van der Waals surface area contributed by atoms with Gasteiger partial charge in [0.1, 0.15) is 6.73 Å². The predicted molar refractivity (Wildman–Crippen MR) is 37.6 cm³/mol. The molecule has 0 spiro atoms. The van der Waals surface area contributed by atoms with Gasteiger partial charge in [0.25, 0.3) is 0 Å². The highest BCUT2D eigenvalue weighted by atomic mass is 19.4. The van der Waals surface area contributed by atoms with Crippen LogP contribution in [0.15, 0.2) is 0 Å². The second-order valence-electron chi connectivity index (χ2n) is 2.66. The third-order valence-corrected chi connectivity index (χ3v) is 1.45. The van der Waals surface area contributed by atoms with Crippen LogP contribution in [0.1, 0.15) is 0 Å². The van der Waals surface area contributed by atoms with Crippen molar-refractivity contribution < 1.29 is 41.0 Å². The predicted octanol–water partition coefficient (Wildman–Crippen LogP) is 2.06. The molecule has 0 aromatic heterocycles. The summed E-state index contributed by atoms with van der Waals surface area (Å²) in [5, 5.41) is 8.25. The zero-order valence-corrected chi connectivity index (χ0v) is 7.76. The van der Waals surface area contributed by atoms with E-state index in [2.05, 4.69) is 4.74 Å². The maximum absolute atomic E-state index is 12.1. The van der Waals surface area contributed by atoms with Crippen LogP contribution in [0, 0.1) is 0 Å². The standard InChI is InChI=1S/C6H7F6NO3/c1-16-2-13(4(14)15)3(5(7,8)9)6(10,11)12/h3H,2H2,1H3,(H,14,15). The highest BCUT2D eigenvalue weighted by molar-refractivity contribution is 5.65. The summed E-state index contributed by atoms with van der Waals surface area (Å²) >= 11 is 0. The first-order valence-electron chi connectivity index (χ1n) is 3.63. The fourth-order valence-electron chi connectivity index (χ4n) is 0.918. The second kappa shape index (κ2) is 4.76. The van der Waals surface area contributed by atoms with Crippen LogP contribution >= 0.6 is 0 Å². The quantitative estimate of drug-likeness (QED) is 0.620. The van der Waals surface area contributed by atoms with Crippen molar-refractivity contribution in [3.05, 3.63) is 0 Å². The summed E-state index contributed by atoms with van der Waals surface area (Å²) in [7, 11) is 0.778. The number of methoxy groups -OCH3 is 1. The maximum atomic E-state index is 12.1. The van der Waals surface area contributed by atoms with Gasteiger partial charge < -0.3 is 9.84 Å². The van der Waals surface area contributed by atoms with Gasteiger partial charge in [-0.3, -0.25) is 4.90 Å². The van der Waals surface area contributed by atoms with Crippen molar-refractivity contribution in [1.82, 2.24) is 4.90 Å². The van der Waals surface area contributed by atoms with E-state index in [1.54, 1.807) is 0 Å². The Bertz CT molecular complexity index is 236. The van der Waals surface area contributed by atoms with Gasteiger partial charge >= 0.3 is 18.4 Å². The van der Waals surface area contributed by atoms with E-state index in [1.807, 2.05) is 0 Å². The van der Waals surface area contributed by atoms with Crippen molar-refractivity contribution in [3.63, 3.8) is 0 Å². The molecule has 0 aliphatic carbocycles. The number of hydrogen-bond acceptors (Lipinski definition) is 2. The molecule has 0 aliphatic rings. The van der Waals surface area contributed by atoms with E-state index in [0.717, 1.165) is 7.11 Å². The Morgan fingerprint density at radius 1 is 1.25 bits per heavy atom. The lowest BCUT2D eigenvalue weighted by atomic mass is 10.2. The van der Waals surface area contributed by atoms with Gasteiger partial charge in [-0.15, -0.1) is 0 Å². The molecule has 96 valence electrons. The summed E-state index contributed by atoms with van der Waals surface area (Å²) in [5.41, 5.74) is 0. The average Bonchev–Trinajstić information content (AvgIpc) is 1.97. The van der Waals surface area contributed by atoms with Crippen molar-refractivity contribution in [2.45, 2.75) is 18.4 Å². The summed E-state index contributed by atoms with van der Waals surface area (Å²) in [6.45, 7) is -1.33. The smallest absolute Gasteiger partial charge is 0.417 e. The van der Waals surface area contributed by atoms with Crippen molar-refractivity contribution in [2.75, 3.05) is 13.8 Å². The molecule has 0 fully saturated rings. The third-order valence-electron chi connectivity index (χ3n) is 1.45. The normalized spacial score (nSPS) is 13.0. The average molecular weight is 255 g/mol. The fraction of sp³-hybridized carbons (Fsp3) is 0.833. The largest absolute Gasteiger partial charge is 0.465 e. The molecule has 0 bridgehead atoms. The lowest BCUT2D eigenvalue weighted by molar-refractivity contribution is -0.287. The molecule has 10 heteroatoms. The number of carboxylic acid groups (broad SMARTS) is 1. The molecule has 0 aliphatic heterocycles. The summed E-state index contributed by atoms with van der Waals surface area (Å²) in [4.78, 5) is 9.40. The summed E-state index contributed by atoms with van der Waals surface area (Å²) in [6.07, 6.45) is -13.9. The summed E-state index contributed by atoms with van der Waals surface area (Å²) in [5.74, 6) is 0. The third kappa shape index (κ3) is 3.76. The second-order valence-corrected chi connectivity index (χ2v) is 2.66. The molecule has 0 aromatic carbocycles. The van der Waals surface area contributed by atoms with Gasteiger partial charge in [-0.1, -0.05) is 0 Å². The van der Waals surface area contributed by atoms with Crippen molar-refractivity contribution in [2.24, 2.45) is 0 Å². The summed E-state index contributed by atoms with van der Waals surface area (Å²) in [6, 6.07) is -4.10. The number of nitrogens with zero attached hydrogens (tertiary/aromatic N) is 1. The Morgan fingerprint density at radius 3 is 1.81 bits per heavy atom. The zero-order chi connectivity index (χ0) is 13.1. The van der Waals surface area contributed by atoms with Gasteiger partial charge in [0.2, 0.25) is 6.04 Å². The number of amides is 1. The Balaban J connectivity index is 5.22. The van der Waals surface area contributed by atoms with Gasteiger partial charge in [0.15, 0.2) is 0 Å². The molecule has 0 saturated heterocycles. The SMILES string of the molecule is COCN(C(=O)O)C(C(F)(F)F)C(F)(F)F.